The van der Waals surface area contributed by atoms with Gasteiger partial charge in [0.1, 0.15) is 30.4 Å². The van der Waals surface area contributed by atoms with Crippen LogP contribution in [0.15, 0.2) is 59.5 Å². The number of nitrogens with one attached hydrogen (secondary N) is 1. The number of alkyl halides is 4. The lowest BCUT2D eigenvalue weighted by molar-refractivity contribution is -0.145. The minimum Gasteiger partial charge on any atom is -0.462 e. The molecule has 10 nitrogen and oxygen atoms in total. The number of nitrogens with zero attached hydrogens (tertiary/aromatic N) is 2. The van der Waals surface area contributed by atoms with E-state index in [1.54, 1.807) is 26.0 Å². The number of ether oxygens (including phenoxy) is 2. The monoisotopic (exact) mass is 588 g/mol. The van der Waals surface area contributed by atoms with Crippen LogP contribution < -0.4 is 21.0 Å². The number of anilines is 1. The first kappa shape index (κ1) is 31.2. The Morgan fingerprint density at radius 1 is 1.23 bits per heavy atom. The summed E-state index contributed by atoms with van der Waals surface area (Å²) in [5, 5.41) is 4.50. The predicted octanol–water partition coefficient (Wildman–Crippen LogP) is 4.65. The fourth-order valence-corrected chi connectivity index (χ4v) is 4.79. The first-order valence-corrected chi connectivity index (χ1v) is 13.2. The lowest BCUT2D eigenvalue weighted by Crippen LogP contribution is -2.33. The summed E-state index contributed by atoms with van der Waals surface area (Å²) in [6, 6.07) is 14.2. The van der Waals surface area contributed by atoms with Crippen LogP contribution >= 0.6 is 8.53 Å². The molecule has 1 aromatic heterocycles. The van der Waals surface area contributed by atoms with E-state index in [4.69, 9.17) is 24.3 Å². The van der Waals surface area contributed by atoms with Crippen LogP contribution in [-0.2, 0) is 18.8 Å². The summed E-state index contributed by atoms with van der Waals surface area (Å²) in [5.74, 6) is -3.43. The molecule has 3 N–H and O–H groups in total. The molecule has 2 aromatic carbocycles. The van der Waals surface area contributed by atoms with Gasteiger partial charge >= 0.3 is 20.2 Å². The Morgan fingerprint density at radius 2 is 1.93 bits per heavy atom. The van der Waals surface area contributed by atoms with Gasteiger partial charge in [-0.1, -0.05) is 36.4 Å². The Bertz CT molecular complexity index is 1330. The Labute approximate surface area is 228 Å². The van der Waals surface area contributed by atoms with Crippen LogP contribution in [0.25, 0.3) is 10.8 Å². The molecule has 3 aromatic rings. The number of nitrogen functional groups attached to an aromatic ring is 1. The van der Waals surface area contributed by atoms with Gasteiger partial charge in [-0.15, -0.1) is 0 Å². The van der Waals surface area contributed by atoms with E-state index in [1.165, 1.54) is 12.3 Å². The number of hydrogen-bond donors (Lipinski definition) is 2. The van der Waals surface area contributed by atoms with Gasteiger partial charge in [0.2, 0.25) is 6.93 Å². The molecule has 0 saturated carbocycles. The van der Waals surface area contributed by atoms with Crippen LogP contribution in [-0.4, -0.2) is 53.7 Å². The van der Waals surface area contributed by atoms with Gasteiger partial charge in [0, 0.05) is 11.6 Å². The fourth-order valence-electron chi connectivity index (χ4n) is 3.71. The molecule has 1 fully saturated rings. The van der Waals surface area contributed by atoms with Crippen molar-refractivity contribution >= 4 is 31.1 Å². The van der Waals surface area contributed by atoms with E-state index in [9.17, 15) is 27.2 Å². The van der Waals surface area contributed by atoms with Crippen LogP contribution in [0.2, 0.25) is 0 Å². The molecule has 0 spiro atoms. The topological polar surface area (TPSA) is 127 Å². The molecule has 4 rings (SSSR count). The number of benzene rings is 2. The summed E-state index contributed by atoms with van der Waals surface area (Å²) < 4.78 is 72.1. The molecule has 3 atom stereocenters. The average molecular weight is 588 g/mol. The molecular weight excluding hydrogens is 559 g/mol. The number of aromatic nitrogens is 2. The van der Waals surface area contributed by atoms with Crippen molar-refractivity contribution in [1.82, 2.24) is 14.6 Å². The summed E-state index contributed by atoms with van der Waals surface area (Å²) in [6.07, 6.45) is -2.74. The van der Waals surface area contributed by atoms with E-state index in [0.29, 0.717) is 5.75 Å². The van der Waals surface area contributed by atoms with Crippen molar-refractivity contribution in [3.05, 3.63) is 65.2 Å². The normalized spacial score (nSPS) is 18.7. The quantitative estimate of drug-likeness (QED) is 0.198. The van der Waals surface area contributed by atoms with Gasteiger partial charge in [0.15, 0.2) is 0 Å². The van der Waals surface area contributed by atoms with Gasteiger partial charge in [-0.25, -0.2) is 27.4 Å². The zero-order chi connectivity index (χ0) is 29.3. The summed E-state index contributed by atoms with van der Waals surface area (Å²) in [5.41, 5.74) is 4.68. The molecule has 2 heterocycles. The molecule has 40 heavy (non-hydrogen) atoms. The molecular formula is C25H29F4N4O6P. The van der Waals surface area contributed by atoms with E-state index < -0.39 is 58.4 Å². The number of carbonyl (C=O) groups is 1. The van der Waals surface area contributed by atoms with Crippen molar-refractivity contribution in [1.29, 1.82) is 0 Å². The Hall–Kier alpha value is -3.32. The largest absolute Gasteiger partial charge is 0.462 e. The van der Waals surface area contributed by atoms with Crippen molar-refractivity contribution < 1.29 is 40.9 Å². The van der Waals surface area contributed by atoms with E-state index in [2.05, 4.69) is 10.1 Å². The third-order valence-electron chi connectivity index (χ3n) is 5.39. The van der Waals surface area contributed by atoms with Crippen molar-refractivity contribution in [3.63, 3.8) is 0 Å². The van der Waals surface area contributed by atoms with Gasteiger partial charge in [0.25, 0.3) is 5.92 Å². The van der Waals surface area contributed by atoms with Gasteiger partial charge in [-0.2, -0.15) is 4.98 Å². The summed E-state index contributed by atoms with van der Waals surface area (Å²) in [7, 11) is -2.07. The zero-order valence-corrected chi connectivity index (χ0v) is 22.5. The first-order chi connectivity index (χ1) is 19.0. The number of hydrogen-bond acceptors (Lipinski definition) is 9. The number of halogens is 4. The number of nitrogens with two attached hydrogens (primary N) is 1. The minimum atomic E-state index is -3.30. The van der Waals surface area contributed by atoms with Crippen LogP contribution in [0.4, 0.5) is 23.4 Å². The third kappa shape index (κ3) is 8.59. The zero-order valence-electron chi connectivity index (χ0n) is 21.6. The SMILES string of the molecule is CC(C)OC(=O)CNP(OCC1OC(n2ccc(N)nc2=O)CC1(F)F)Oc1cccc2ccccc12.FCF. The summed E-state index contributed by atoms with van der Waals surface area (Å²) in [4.78, 5) is 27.7. The van der Waals surface area contributed by atoms with Crippen LogP contribution in [0, 0.1) is 0 Å². The summed E-state index contributed by atoms with van der Waals surface area (Å²) >= 11 is 0. The predicted molar refractivity (Wildman–Crippen MR) is 140 cm³/mol. The van der Waals surface area contributed by atoms with Gasteiger partial charge in [-0.05, 0) is 31.4 Å². The highest BCUT2D eigenvalue weighted by molar-refractivity contribution is 7.45. The van der Waals surface area contributed by atoms with Crippen molar-refractivity contribution in [3.8, 4) is 5.75 Å². The average Bonchev–Trinajstić information content (AvgIpc) is 3.19. The van der Waals surface area contributed by atoms with Crippen LogP contribution in [0.5, 0.6) is 5.75 Å². The van der Waals surface area contributed by atoms with Crippen LogP contribution in [0.3, 0.4) is 0 Å². The number of carbonyl (C=O) groups excluding carboxylic acids is 1. The molecule has 1 saturated heterocycles. The number of fused-ring (bicyclic) bond motifs is 1. The summed E-state index contributed by atoms with van der Waals surface area (Å²) in [6.45, 7) is 0.846. The van der Waals surface area contributed by atoms with Crippen molar-refractivity contribution in [2.45, 2.75) is 44.6 Å². The van der Waals surface area contributed by atoms with E-state index in [1.807, 2.05) is 30.3 Å². The number of esters is 1. The second kappa shape index (κ2) is 14.4. The van der Waals surface area contributed by atoms with Gasteiger partial charge < -0.3 is 24.3 Å². The maximum Gasteiger partial charge on any atom is 0.351 e. The fraction of sp³-hybridized carbons (Fsp3) is 0.400. The highest BCUT2D eigenvalue weighted by Gasteiger charge is 2.51. The molecule has 0 aliphatic carbocycles. The molecule has 0 bridgehead atoms. The maximum atomic E-state index is 14.8. The Morgan fingerprint density at radius 3 is 2.62 bits per heavy atom. The van der Waals surface area contributed by atoms with Gasteiger partial charge in [0.05, 0.1) is 19.1 Å². The molecule has 0 amide bonds. The van der Waals surface area contributed by atoms with Gasteiger partial charge in [-0.3, -0.25) is 9.36 Å². The lowest BCUT2D eigenvalue weighted by Gasteiger charge is -2.23. The lowest BCUT2D eigenvalue weighted by atomic mass is 10.1. The Kier molecular flexibility index (Phi) is 11.2. The standard InChI is InChI=1S/C24H27F2N4O6P.CH2F2/c1-15(2)34-22(31)13-28-37(36-18-9-5-7-16-6-3-4-8-17(16)18)33-14-19-24(25,26)12-21(35-19)30-11-10-20(27)29-23(30)32;2-1-3/h3-11,15,19,21,28H,12-14H2,1-2H3,(H2,27,29,32);1H2. The van der Waals surface area contributed by atoms with E-state index in [0.717, 1.165) is 15.3 Å². The second-order valence-corrected chi connectivity index (χ2v) is 9.95. The number of rotatable bonds is 10. The third-order valence-corrected chi connectivity index (χ3v) is 6.56. The Balaban J connectivity index is 0.00000141. The second-order valence-electron chi connectivity index (χ2n) is 8.68. The first-order valence-electron chi connectivity index (χ1n) is 12.1. The smallest absolute Gasteiger partial charge is 0.351 e. The molecule has 0 radical (unpaired) electrons. The molecule has 1 aliphatic heterocycles. The molecule has 1 aliphatic rings. The highest BCUT2D eigenvalue weighted by Crippen LogP contribution is 2.44. The molecule has 218 valence electrons. The highest BCUT2D eigenvalue weighted by atomic mass is 31.2. The maximum absolute atomic E-state index is 14.8. The van der Waals surface area contributed by atoms with E-state index in [-0.39, 0.29) is 18.5 Å². The van der Waals surface area contributed by atoms with Crippen LogP contribution in [0.1, 0.15) is 26.5 Å². The van der Waals surface area contributed by atoms with Crippen molar-refractivity contribution in [2.24, 2.45) is 0 Å². The molecule has 3 unspecified atom stereocenters. The molecule has 15 heteroatoms. The minimum absolute atomic E-state index is 0.0239. The van der Waals surface area contributed by atoms with Crippen molar-refractivity contribution in [2.75, 3.05) is 25.8 Å². The van der Waals surface area contributed by atoms with E-state index >= 15 is 0 Å².